The predicted octanol–water partition coefficient (Wildman–Crippen LogP) is 5.44. The summed E-state index contributed by atoms with van der Waals surface area (Å²) in [5.41, 5.74) is 1.04. The highest BCUT2D eigenvalue weighted by atomic mass is 35.5. The minimum absolute atomic E-state index is 0. The Hall–Kier alpha value is -2.44. The van der Waals surface area contributed by atoms with Gasteiger partial charge in [0.1, 0.15) is 17.2 Å². The van der Waals surface area contributed by atoms with Crippen molar-refractivity contribution >= 4 is 18.3 Å². The number of nitrogens with zero attached hydrogens (tertiary/aromatic N) is 2. The second kappa shape index (κ2) is 17.1. The second-order valence-corrected chi connectivity index (χ2v) is 8.01. The molecule has 0 unspecified atom stereocenters. The Bertz CT molecular complexity index is 813. The first-order valence-corrected chi connectivity index (χ1v) is 12.1. The Morgan fingerprint density at radius 2 is 1.53 bits per heavy atom. The minimum Gasteiger partial charge on any atom is -0.497 e. The molecule has 2 rings (SSSR count). The molecule has 0 heterocycles. The molecule has 0 N–H and O–H groups in total. The molecule has 0 saturated carbocycles. The van der Waals surface area contributed by atoms with Crippen molar-refractivity contribution in [1.29, 1.82) is 0 Å². The van der Waals surface area contributed by atoms with Crippen LogP contribution >= 0.6 is 12.4 Å². The fourth-order valence-electron chi connectivity index (χ4n) is 3.51. The average Bonchev–Trinajstić information content (AvgIpc) is 2.85. The van der Waals surface area contributed by atoms with Gasteiger partial charge in [0.05, 0.1) is 13.7 Å². The lowest BCUT2D eigenvalue weighted by molar-refractivity contribution is -0.134. The number of unbranched alkanes of at least 4 members (excludes halogenated alkanes) is 1. The van der Waals surface area contributed by atoms with E-state index in [4.69, 9.17) is 14.2 Å². The molecule has 0 bridgehead atoms. The first-order valence-electron chi connectivity index (χ1n) is 12.1. The Morgan fingerprint density at radius 1 is 0.853 bits per heavy atom. The van der Waals surface area contributed by atoms with E-state index in [1.165, 1.54) is 0 Å². The lowest BCUT2D eigenvalue weighted by Crippen LogP contribution is -2.37. The van der Waals surface area contributed by atoms with Crippen LogP contribution in [0.1, 0.15) is 45.6 Å². The molecule has 34 heavy (non-hydrogen) atoms. The molecule has 0 atom stereocenters. The topological polar surface area (TPSA) is 51.2 Å². The van der Waals surface area contributed by atoms with Crippen LogP contribution in [0.25, 0.3) is 0 Å². The summed E-state index contributed by atoms with van der Waals surface area (Å²) in [6.07, 6.45) is 3.05. The van der Waals surface area contributed by atoms with E-state index < -0.39 is 0 Å². The zero-order valence-corrected chi connectivity index (χ0v) is 21.9. The molecule has 1 amide bonds. The molecule has 2 aromatic carbocycles. The van der Waals surface area contributed by atoms with E-state index in [9.17, 15) is 4.79 Å². The molecule has 0 fully saturated rings. The Balaban J connectivity index is 0.00000578. The lowest BCUT2D eigenvalue weighted by Gasteiger charge is -2.25. The van der Waals surface area contributed by atoms with Crippen LogP contribution in [0.4, 0.5) is 0 Å². The SMILES string of the molecule is CCCCOc1ccc(OCC(=O)N(CCCN(CC)CC)Cc2cccc(OC)c2)cc1.Cl. The number of ether oxygens (including phenoxy) is 3. The van der Waals surface area contributed by atoms with Gasteiger partial charge in [-0.25, -0.2) is 0 Å². The van der Waals surface area contributed by atoms with Gasteiger partial charge in [0.2, 0.25) is 0 Å². The molecule has 7 heteroatoms. The normalized spacial score (nSPS) is 10.5. The van der Waals surface area contributed by atoms with Gasteiger partial charge in [-0.1, -0.05) is 39.3 Å². The molecule has 0 aliphatic heterocycles. The number of amides is 1. The number of halogens is 1. The molecule has 6 nitrogen and oxygen atoms in total. The minimum atomic E-state index is -0.0272. The third-order valence-corrected chi connectivity index (χ3v) is 5.61. The summed E-state index contributed by atoms with van der Waals surface area (Å²) in [4.78, 5) is 17.3. The number of hydrogen-bond acceptors (Lipinski definition) is 5. The molecular weight excluding hydrogens is 452 g/mol. The molecule has 190 valence electrons. The monoisotopic (exact) mass is 492 g/mol. The Morgan fingerprint density at radius 3 is 2.15 bits per heavy atom. The second-order valence-electron chi connectivity index (χ2n) is 8.01. The van der Waals surface area contributed by atoms with Crippen molar-refractivity contribution in [3.63, 3.8) is 0 Å². The van der Waals surface area contributed by atoms with Crippen LogP contribution in [0.2, 0.25) is 0 Å². The van der Waals surface area contributed by atoms with E-state index in [1.807, 2.05) is 53.4 Å². The number of methoxy groups -OCH3 is 1. The van der Waals surface area contributed by atoms with Crippen molar-refractivity contribution in [2.45, 2.75) is 46.6 Å². The lowest BCUT2D eigenvalue weighted by atomic mass is 10.2. The van der Waals surface area contributed by atoms with Crippen LogP contribution in [0.15, 0.2) is 48.5 Å². The highest BCUT2D eigenvalue weighted by Gasteiger charge is 2.16. The van der Waals surface area contributed by atoms with Gasteiger partial charge in [0, 0.05) is 13.1 Å². The summed E-state index contributed by atoms with van der Waals surface area (Å²) in [5.74, 6) is 2.25. The van der Waals surface area contributed by atoms with Gasteiger partial charge < -0.3 is 24.0 Å². The Kier molecular flexibility index (Phi) is 14.9. The summed E-state index contributed by atoms with van der Waals surface area (Å²) in [6, 6.07) is 15.3. The molecule has 0 saturated heterocycles. The summed E-state index contributed by atoms with van der Waals surface area (Å²) < 4.78 is 16.8. The van der Waals surface area contributed by atoms with E-state index in [1.54, 1.807) is 7.11 Å². The van der Waals surface area contributed by atoms with Crippen molar-refractivity contribution in [2.24, 2.45) is 0 Å². The Labute approximate surface area is 211 Å². The van der Waals surface area contributed by atoms with Crippen LogP contribution in [0.5, 0.6) is 17.2 Å². The van der Waals surface area contributed by atoms with E-state index in [0.29, 0.717) is 25.4 Å². The molecule has 0 aliphatic rings. The number of hydrogen-bond donors (Lipinski definition) is 0. The van der Waals surface area contributed by atoms with Crippen molar-refractivity contribution in [1.82, 2.24) is 9.80 Å². The number of carbonyl (C=O) groups excluding carboxylic acids is 1. The maximum Gasteiger partial charge on any atom is 0.260 e. The van der Waals surface area contributed by atoms with E-state index in [2.05, 4.69) is 25.7 Å². The maximum absolute atomic E-state index is 13.1. The van der Waals surface area contributed by atoms with Crippen molar-refractivity contribution in [3.8, 4) is 17.2 Å². The summed E-state index contributed by atoms with van der Waals surface area (Å²) in [6.45, 7) is 11.4. The van der Waals surface area contributed by atoms with Gasteiger partial charge in [0.25, 0.3) is 5.91 Å². The zero-order valence-electron chi connectivity index (χ0n) is 21.1. The third kappa shape index (κ3) is 10.7. The molecule has 0 aliphatic carbocycles. The number of rotatable bonds is 16. The van der Waals surface area contributed by atoms with Crippen molar-refractivity contribution in [3.05, 3.63) is 54.1 Å². The van der Waals surface area contributed by atoms with Gasteiger partial charge in [0.15, 0.2) is 6.61 Å². The van der Waals surface area contributed by atoms with Gasteiger partial charge in [-0.2, -0.15) is 0 Å². The largest absolute Gasteiger partial charge is 0.497 e. The van der Waals surface area contributed by atoms with E-state index >= 15 is 0 Å². The van der Waals surface area contributed by atoms with Crippen LogP contribution in [0, 0.1) is 0 Å². The fourth-order valence-corrected chi connectivity index (χ4v) is 3.51. The van der Waals surface area contributed by atoms with E-state index in [0.717, 1.165) is 56.0 Å². The molecule has 0 spiro atoms. The standard InChI is InChI=1S/C27H40N2O4.ClH/c1-5-8-19-32-24-13-15-25(16-14-24)33-22-27(30)29(18-10-17-28(6-2)7-3)21-23-11-9-12-26(20-23)31-4;/h9,11-16,20H,5-8,10,17-19,21-22H2,1-4H3;1H. The smallest absolute Gasteiger partial charge is 0.260 e. The van der Waals surface area contributed by atoms with Gasteiger partial charge in [-0.3, -0.25) is 4.79 Å². The predicted molar refractivity (Wildman–Crippen MR) is 140 cm³/mol. The molecule has 0 aromatic heterocycles. The highest BCUT2D eigenvalue weighted by Crippen LogP contribution is 2.19. The maximum atomic E-state index is 13.1. The van der Waals surface area contributed by atoms with Gasteiger partial charge in [-0.05, 0) is 74.4 Å². The average molecular weight is 493 g/mol. The van der Waals surface area contributed by atoms with Crippen molar-refractivity contribution in [2.75, 3.05) is 46.5 Å². The van der Waals surface area contributed by atoms with E-state index in [-0.39, 0.29) is 24.9 Å². The number of benzene rings is 2. The molecule has 0 radical (unpaired) electrons. The first kappa shape index (κ1) is 29.6. The summed E-state index contributed by atoms with van der Waals surface area (Å²) in [7, 11) is 1.65. The van der Waals surface area contributed by atoms with Crippen LogP contribution in [0.3, 0.4) is 0 Å². The summed E-state index contributed by atoms with van der Waals surface area (Å²) >= 11 is 0. The summed E-state index contributed by atoms with van der Waals surface area (Å²) in [5, 5.41) is 0. The quantitative estimate of drug-likeness (QED) is 0.292. The molecule has 2 aromatic rings. The van der Waals surface area contributed by atoms with Crippen molar-refractivity contribution < 1.29 is 19.0 Å². The van der Waals surface area contributed by atoms with Crippen LogP contribution in [-0.2, 0) is 11.3 Å². The van der Waals surface area contributed by atoms with Crippen LogP contribution in [-0.4, -0.2) is 62.2 Å². The van der Waals surface area contributed by atoms with Gasteiger partial charge in [-0.15, -0.1) is 12.4 Å². The van der Waals surface area contributed by atoms with Crippen LogP contribution < -0.4 is 14.2 Å². The van der Waals surface area contributed by atoms with Gasteiger partial charge >= 0.3 is 0 Å². The third-order valence-electron chi connectivity index (χ3n) is 5.61. The fraction of sp³-hybridized carbons (Fsp3) is 0.519. The highest BCUT2D eigenvalue weighted by molar-refractivity contribution is 5.85. The zero-order chi connectivity index (χ0) is 23.9. The first-order chi connectivity index (χ1) is 16.1. The number of carbonyl (C=O) groups is 1. The molecular formula is C27H41ClN2O4.